The molecule has 0 aromatic heterocycles. The van der Waals surface area contributed by atoms with Crippen LogP contribution in [0.1, 0.15) is 73.1 Å². The number of nitrogens with one attached hydrogen (secondary N) is 1. The van der Waals surface area contributed by atoms with E-state index in [0.29, 0.717) is 34.2 Å². The molecule has 5 aliphatic carbocycles. The molecule has 0 amide bonds. The maximum absolute atomic E-state index is 11.3. The van der Waals surface area contributed by atoms with Gasteiger partial charge in [0.25, 0.3) is 0 Å². The quantitative estimate of drug-likeness (QED) is 0.657. The third-order valence-corrected chi connectivity index (χ3v) is 12.1. The van der Waals surface area contributed by atoms with E-state index in [1.54, 1.807) is 0 Å². The second-order valence-corrected chi connectivity index (χ2v) is 13.3. The minimum Gasteiger partial charge on any atom is -0.393 e. The second kappa shape index (κ2) is 6.14. The van der Waals surface area contributed by atoms with Gasteiger partial charge in [0, 0.05) is 18.0 Å². The lowest BCUT2D eigenvalue weighted by Gasteiger charge is -2.62. The Morgan fingerprint density at radius 1 is 1.03 bits per heavy atom. The fourth-order valence-corrected chi connectivity index (χ4v) is 10.7. The molecule has 4 fully saturated rings. The Hall–Kier alpha value is -0.380. The maximum Gasteiger partial charge on any atom is 0.0597 e. The molecule has 170 valence electrons. The minimum absolute atomic E-state index is 0.0811. The first kappa shape index (κ1) is 21.5. The first-order chi connectivity index (χ1) is 13.9. The predicted octanol–water partition coefficient (Wildman–Crippen LogP) is 4.71. The number of aliphatic hydroxyl groups is 1. The highest BCUT2D eigenvalue weighted by molar-refractivity contribution is 5.39. The molecule has 2 spiro atoms. The van der Waals surface area contributed by atoms with Crippen LogP contribution in [0.5, 0.6) is 0 Å². The topological polar surface area (TPSA) is 35.5 Å². The van der Waals surface area contributed by atoms with Gasteiger partial charge in [-0.2, -0.15) is 0 Å². The van der Waals surface area contributed by atoms with Crippen LogP contribution < -0.4 is 5.32 Å². The number of rotatable bonds is 3. The molecule has 0 saturated heterocycles. The molecule has 0 aliphatic heterocycles. The van der Waals surface area contributed by atoms with Crippen molar-refractivity contribution >= 4 is 0 Å². The van der Waals surface area contributed by atoms with Gasteiger partial charge < -0.3 is 15.3 Å². The summed E-state index contributed by atoms with van der Waals surface area (Å²) < 4.78 is 0. The predicted molar refractivity (Wildman–Crippen MR) is 124 cm³/mol. The lowest BCUT2D eigenvalue weighted by molar-refractivity contribution is -0.103. The van der Waals surface area contributed by atoms with E-state index >= 15 is 0 Å². The van der Waals surface area contributed by atoms with Gasteiger partial charge in [0.1, 0.15) is 0 Å². The summed E-state index contributed by atoms with van der Waals surface area (Å²) in [4.78, 5) is 2.50. The van der Waals surface area contributed by atoms with Gasteiger partial charge in [0.15, 0.2) is 0 Å². The smallest absolute Gasteiger partial charge is 0.0597 e. The lowest BCUT2D eigenvalue weighted by atomic mass is 9.44. The third-order valence-electron chi connectivity index (χ3n) is 12.1. The molecular formula is C27H46N2O. The van der Waals surface area contributed by atoms with Crippen LogP contribution in [0.25, 0.3) is 0 Å². The Bertz CT molecular complexity index is 760. The van der Waals surface area contributed by atoms with Crippen molar-refractivity contribution in [2.75, 3.05) is 21.1 Å². The van der Waals surface area contributed by atoms with Gasteiger partial charge in [0.2, 0.25) is 0 Å². The maximum atomic E-state index is 11.3. The van der Waals surface area contributed by atoms with Crippen LogP contribution >= 0.6 is 0 Å². The van der Waals surface area contributed by atoms with Gasteiger partial charge in [-0.15, -0.1) is 0 Å². The Morgan fingerprint density at radius 2 is 1.70 bits per heavy atom. The summed E-state index contributed by atoms with van der Waals surface area (Å²) in [5.74, 6) is 1.86. The van der Waals surface area contributed by atoms with Crippen LogP contribution in [0.4, 0.5) is 0 Å². The Balaban J connectivity index is 1.56. The molecule has 0 radical (unpaired) electrons. The fraction of sp³-hybridized carbons (Fsp3) is 0.926. The van der Waals surface area contributed by atoms with E-state index in [1.807, 2.05) is 0 Å². The molecular weight excluding hydrogens is 368 g/mol. The van der Waals surface area contributed by atoms with Crippen molar-refractivity contribution in [1.29, 1.82) is 0 Å². The molecule has 0 bridgehead atoms. The Labute approximate surface area is 185 Å². The number of fused-ring (bicyclic) bond motifs is 2. The minimum atomic E-state index is -0.199. The molecule has 2 N–H and O–H groups in total. The van der Waals surface area contributed by atoms with E-state index in [0.717, 1.165) is 18.3 Å². The normalized spacial score (nSPS) is 56.7. The summed E-state index contributed by atoms with van der Waals surface area (Å²) in [6.07, 6.45) is 13.0. The zero-order valence-electron chi connectivity index (χ0n) is 20.8. The number of hydrogen-bond donors (Lipinski definition) is 2. The summed E-state index contributed by atoms with van der Waals surface area (Å²) >= 11 is 0. The van der Waals surface area contributed by atoms with Crippen LogP contribution in [0, 0.1) is 44.8 Å². The summed E-state index contributed by atoms with van der Waals surface area (Å²) in [6.45, 7) is 12.4. The van der Waals surface area contributed by atoms with Gasteiger partial charge in [0.05, 0.1) is 6.10 Å². The van der Waals surface area contributed by atoms with Crippen molar-refractivity contribution in [2.45, 2.75) is 91.3 Å². The zero-order valence-corrected chi connectivity index (χ0v) is 20.8. The Morgan fingerprint density at radius 3 is 2.33 bits per heavy atom. The fourth-order valence-electron chi connectivity index (χ4n) is 10.7. The summed E-state index contributed by atoms with van der Waals surface area (Å²) in [7, 11) is 6.63. The van der Waals surface area contributed by atoms with Crippen molar-refractivity contribution in [2.24, 2.45) is 44.8 Å². The van der Waals surface area contributed by atoms with E-state index < -0.39 is 0 Å². The molecule has 3 nitrogen and oxygen atoms in total. The van der Waals surface area contributed by atoms with Gasteiger partial charge >= 0.3 is 0 Å². The molecule has 0 heterocycles. The van der Waals surface area contributed by atoms with Crippen molar-refractivity contribution in [3.8, 4) is 0 Å². The molecule has 0 aromatic carbocycles. The van der Waals surface area contributed by atoms with Gasteiger partial charge in [-0.05, 0) is 106 Å². The van der Waals surface area contributed by atoms with Crippen LogP contribution in [-0.2, 0) is 0 Å². The third kappa shape index (κ3) is 2.19. The molecule has 4 saturated carbocycles. The average Bonchev–Trinajstić information content (AvgIpc) is 3.26. The molecule has 3 heteroatoms. The molecule has 0 aromatic rings. The highest BCUT2D eigenvalue weighted by Crippen LogP contribution is 2.87. The summed E-state index contributed by atoms with van der Waals surface area (Å²) in [5, 5.41) is 14.7. The van der Waals surface area contributed by atoms with Gasteiger partial charge in [-0.25, -0.2) is 0 Å². The second-order valence-electron chi connectivity index (χ2n) is 13.3. The van der Waals surface area contributed by atoms with E-state index in [2.05, 4.69) is 78.1 Å². The average molecular weight is 415 g/mol. The molecule has 5 aliphatic rings. The highest BCUT2D eigenvalue weighted by Gasteiger charge is 2.81. The van der Waals surface area contributed by atoms with Crippen LogP contribution in [-0.4, -0.2) is 49.3 Å². The number of hydrogen-bond acceptors (Lipinski definition) is 3. The Kier molecular flexibility index (Phi) is 4.39. The summed E-state index contributed by atoms with van der Waals surface area (Å²) in [6, 6.07) is 1.04. The monoisotopic (exact) mass is 414 g/mol. The number of allylic oxidation sites excluding steroid dienone is 2. The van der Waals surface area contributed by atoms with E-state index in [-0.39, 0.29) is 16.9 Å². The molecule has 30 heavy (non-hydrogen) atoms. The first-order valence-corrected chi connectivity index (χ1v) is 12.6. The van der Waals surface area contributed by atoms with Crippen molar-refractivity contribution in [3.05, 3.63) is 12.2 Å². The van der Waals surface area contributed by atoms with Crippen molar-refractivity contribution in [1.82, 2.24) is 10.2 Å². The van der Waals surface area contributed by atoms with Gasteiger partial charge in [-0.1, -0.05) is 39.8 Å². The van der Waals surface area contributed by atoms with Crippen molar-refractivity contribution in [3.63, 3.8) is 0 Å². The van der Waals surface area contributed by atoms with Crippen LogP contribution in [0.2, 0.25) is 0 Å². The molecule has 10 atom stereocenters. The summed E-state index contributed by atoms with van der Waals surface area (Å²) in [5.41, 5.74) is 1.58. The van der Waals surface area contributed by atoms with E-state index in [1.165, 1.54) is 32.1 Å². The lowest BCUT2D eigenvalue weighted by Crippen LogP contribution is -2.58. The number of aliphatic hydroxyl groups excluding tert-OH is 1. The molecule has 0 unspecified atom stereocenters. The van der Waals surface area contributed by atoms with E-state index in [4.69, 9.17) is 0 Å². The van der Waals surface area contributed by atoms with Gasteiger partial charge in [-0.3, -0.25) is 0 Å². The molecule has 5 rings (SSSR count). The first-order valence-electron chi connectivity index (χ1n) is 12.6. The van der Waals surface area contributed by atoms with Crippen molar-refractivity contribution < 1.29 is 5.11 Å². The number of nitrogens with zero attached hydrogens (tertiary/aromatic N) is 1. The highest BCUT2D eigenvalue weighted by atomic mass is 16.3. The standard InChI is InChI=1S/C27H46N2O/c1-17(28-6)22-18(30)15-25(5)20-10-9-19-23(2,3)21(29(7)8)11-12-26(19)16-27(20,26)14-13-24(22,25)4/h13-14,17-22,28,30H,9-12,15-16H2,1-8H3/t17-,18+,19-,20-,21+,22-,24+,25-,26+,27-/m0/s1. The van der Waals surface area contributed by atoms with E-state index in [9.17, 15) is 5.11 Å². The van der Waals surface area contributed by atoms with Crippen LogP contribution in [0.15, 0.2) is 12.2 Å². The zero-order chi connectivity index (χ0) is 21.9. The largest absolute Gasteiger partial charge is 0.393 e. The SMILES string of the molecule is CN[C@@H](C)[C@H]1[C@H](O)C[C@@]2(C)[C@@H]3CC[C@H]4C(C)(C)[C@H](N(C)C)CC[C@@]45C[C@@]35C=C[C@]12C. The van der Waals surface area contributed by atoms with Crippen LogP contribution in [0.3, 0.4) is 0 Å².